The molecule has 1 fully saturated rings. The number of nitrogens with one attached hydrogen (secondary N) is 1. The van der Waals surface area contributed by atoms with Crippen LogP contribution in [-0.2, 0) is 0 Å². The normalized spacial score (nSPS) is 17.2. The van der Waals surface area contributed by atoms with Crippen molar-refractivity contribution in [2.24, 2.45) is 0 Å². The summed E-state index contributed by atoms with van der Waals surface area (Å²) in [5, 5.41) is 6.78. The van der Waals surface area contributed by atoms with Crippen molar-refractivity contribution in [2.75, 3.05) is 23.9 Å². The van der Waals surface area contributed by atoms with Crippen molar-refractivity contribution in [2.45, 2.75) is 25.9 Å². The van der Waals surface area contributed by atoms with Crippen molar-refractivity contribution in [1.29, 1.82) is 0 Å². The summed E-state index contributed by atoms with van der Waals surface area (Å²) in [6, 6.07) is 31.9. The Balaban J connectivity index is 1.52. The van der Waals surface area contributed by atoms with Gasteiger partial charge in [-0.3, -0.25) is 4.98 Å². The summed E-state index contributed by atoms with van der Waals surface area (Å²) in [4.78, 5) is 9.09. The van der Waals surface area contributed by atoms with Crippen LogP contribution in [0.1, 0.15) is 34.7 Å². The van der Waals surface area contributed by atoms with Gasteiger partial charge in [-0.1, -0.05) is 42.5 Å². The molecule has 1 aliphatic heterocycles. The van der Waals surface area contributed by atoms with Crippen molar-refractivity contribution in [3.05, 3.63) is 120 Å². The highest BCUT2D eigenvalue weighted by Gasteiger charge is 2.42. The molecule has 0 saturated carbocycles. The van der Waals surface area contributed by atoms with E-state index in [9.17, 15) is 0 Å². The zero-order valence-electron chi connectivity index (χ0n) is 22.1. The lowest BCUT2D eigenvalue weighted by Gasteiger charge is -2.28. The van der Waals surface area contributed by atoms with Crippen LogP contribution in [0.15, 0.2) is 97.2 Å². The molecule has 1 aliphatic rings. The second-order valence-electron chi connectivity index (χ2n) is 10.1. The Morgan fingerprint density at radius 1 is 0.868 bits per heavy atom. The maximum Gasteiger partial charge on any atom is 0.174 e. The number of aromatic nitrogens is 2. The fourth-order valence-electron chi connectivity index (χ4n) is 5.72. The molecule has 2 atom stereocenters. The first-order valence-electron chi connectivity index (χ1n) is 12.9. The third kappa shape index (κ3) is 4.02. The van der Waals surface area contributed by atoms with Crippen molar-refractivity contribution in [3.63, 3.8) is 0 Å². The van der Waals surface area contributed by atoms with E-state index in [0.29, 0.717) is 5.11 Å². The standard InChI is InChI=1S/C32H31N5S/c1-21-20-27(22(2)36(21)29-14-9-11-23-10-5-6-12-26(23)29)31-30(28-13-7-8-19-33-28)34-32(38)37(31)25-17-15-24(16-18-25)35(3)4/h5-20,30-31H,1-4H3,(H,34,38)/t30-,31-/m1/s1. The van der Waals surface area contributed by atoms with Gasteiger partial charge in [0.15, 0.2) is 5.11 Å². The summed E-state index contributed by atoms with van der Waals surface area (Å²) in [7, 11) is 4.11. The van der Waals surface area contributed by atoms with Crippen LogP contribution in [0.2, 0.25) is 0 Å². The molecule has 1 saturated heterocycles. The first kappa shape index (κ1) is 24.2. The van der Waals surface area contributed by atoms with Crippen LogP contribution in [0.25, 0.3) is 16.5 Å². The van der Waals surface area contributed by atoms with Gasteiger partial charge in [-0.15, -0.1) is 0 Å². The van der Waals surface area contributed by atoms with E-state index >= 15 is 0 Å². The molecule has 6 rings (SSSR count). The van der Waals surface area contributed by atoms with E-state index < -0.39 is 0 Å². The Morgan fingerprint density at radius 3 is 2.34 bits per heavy atom. The highest BCUT2D eigenvalue weighted by atomic mass is 32.1. The Hall–Kier alpha value is -4.16. The molecule has 2 aromatic heterocycles. The van der Waals surface area contributed by atoms with Gasteiger partial charge < -0.3 is 19.7 Å². The highest BCUT2D eigenvalue weighted by molar-refractivity contribution is 7.80. The van der Waals surface area contributed by atoms with Crippen LogP contribution in [0.5, 0.6) is 0 Å². The van der Waals surface area contributed by atoms with Gasteiger partial charge in [0.2, 0.25) is 0 Å². The molecule has 5 aromatic rings. The lowest BCUT2D eigenvalue weighted by atomic mass is 9.96. The van der Waals surface area contributed by atoms with Gasteiger partial charge in [0, 0.05) is 48.4 Å². The molecular formula is C32H31N5S. The minimum absolute atomic E-state index is 0.0578. The van der Waals surface area contributed by atoms with Crippen molar-refractivity contribution in [1.82, 2.24) is 14.9 Å². The average molecular weight is 518 g/mol. The van der Waals surface area contributed by atoms with Crippen molar-refractivity contribution < 1.29 is 0 Å². The topological polar surface area (TPSA) is 36.3 Å². The summed E-state index contributed by atoms with van der Waals surface area (Å²) < 4.78 is 2.38. The molecule has 0 aliphatic carbocycles. The van der Waals surface area contributed by atoms with Crippen molar-refractivity contribution >= 4 is 39.5 Å². The summed E-state index contributed by atoms with van der Waals surface area (Å²) in [5.41, 5.74) is 8.00. The lowest BCUT2D eigenvalue weighted by molar-refractivity contribution is 0.565. The maximum absolute atomic E-state index is 5.97. The Morgan fingerprint density at radius 2 is 1.61 bits per heavy atom. The molecule has 3 aromatic carbocycles. The quantitative estimate of drug-likeness (QED) is 0.257. The summed E-state index contributed by atoms with van der Waals surface area (Å²) >= 11 is 5.97. The van der Waals surface area contributed by atoms with Gasteiger partial charge in [-0.05, 0) is 85.5 Å². The fourth-order valence-corrected chi connectivity index (χ4v) is 6.07. The number of benzene rings is 3. The number of aryl methyl sites for hydroxylation is 1. The Bertz CT molecular complexity index is 1620. The highest BCUT2D eigenvalue weighted by Crippen LogP contribution is 2.44. The van der Waals surface area contributed by atoms with E-state index in [2.05, 4.69) is 126 Å². The number of thiocarbonyl (C=S) groups is 1. The molecule has 3 heterocycles. The lowest BCUT2D eigenvalue weighted by Crippen LogP contribution is -2.29. The molecule has 0 radical (unpaired) electrons. The van der Waals surface area contributed by atoms with Gasteiger partial charge in [0.25, 0.3) is 0 Å². The zero-order chi connectivity index (χ0) is 26.4. The molecule has 0 spiro atoms. The second kappa shape index (κ2) is 9.62. The maximum atomic E-state index is 5.97. The smallest absolute Gasteiger partial charge is 0.174 e. The minimum atomic E-state index is -0.0845. The van der Waals surface area contributed by atoms with Gasteiger partial charge in [0.05, 0.1) is 23.5 Å². The molecule has 0 bridgehead atoms. The summed E-state index contributed by atoms with van der Waals surface area (Å²) in [6.07, 6.45) is 1.85. The predicted molar refractivity (Wildman–Crippen MR) is 161 cm³/mol. The van der Waals surface area contributed by atoms with E-state index in [1.165, 1.54) is 33.4 Å². The van der Waals surface area contributed by atoms with Gasteiger partial charge >= 0.3 is 0 Å². The van der Waals surface area contributed by atoms with Crippen LogP contribution in [0.3, 0.4) is 0 Å². The zero-order valence-corrected chi connectivity index (χ0v) is 22.9. The van der Waals surface area contributed by atoms with E-state index in [4.69, 9.17) is 17.2 Å². The molecule has 5 nitrogen and oxygen atoms in total. The second-order valence-corrected chi connectivity index (χ2v) is 10.5. The molecule has 0 unspecified atom stereocenters. The number of hydrogen-bond acceptors (Lipinski definition) is 3. The first-order chi connectivity index (χ1) is 18.4. The van der Waals surface area contributed by atoms with E-state index in [0.717, 1.165) is 17.1 Å². The van der Waals surface area contributed by atoms with Gasteiger partial charge in [-0.2, -0.15) is 0 Å². The molecule has 6 heteroatoms. The average Bonchev–Trinajstić information content (AvgIpc) is 3.43. The van der Waals surface area contributed by atoms with Crippen LogP contribution >= 0.6 is 12.2 Å². The van der Waals surface area contributed by atoms with Crippen LogP contribution < -0.4 is 15.1 Å². The first-order valence-corrected chi connectivity index (χ1v) is 13.3. The van der Waals surface area contributed by atoms with E-state index in [-0.39, 0.29) is 12.1 Å². The number of hydrogen-bond donors (Lipinski definition) is 1. The predicted octanol–water partition coefficient (Wildman–Crippen LogP) is 6.89. The minimum Gasteiger partial charge on any atom is -0.378 e. The third-order valence-corrected chi connectivity index (χ3v) is 7.85. The van der Waals surface area contributed by atoms with Crippen LogP contribution in [0, 0.1) is 13.8 Å². The Labute approximate surface area is 229 Å². The fraction of sp³-hybridized carbons (Fsp3) is 0.188. The molecular weight excluding hydrogens is 486 g/mol. The largest absolute Gasteiger partial charge is 0.378 e. The Kier molecular flexibility index (Phi) is 6.12. The number of nitrogens with zero attached hydrogens (tertiary/aromatic N) is 4. The third-order valence-electron chi connectivity index (χ3n) is 7.54. The van der Waals surface area contributed by atoms with E-state index in [1.54, 1.807) is 0 Å². The number of pyridine rings is 1. The van der Waals surface area contributed by atoms with Crippen LogP contribution in [-0.4, -0.2) is 28.8 Å². The molecule has 190 valence electrons. The number of fused-ring (bicyclic) bond motifs is 1. The monoisotopic (exact) mass is 517 g/mol. The molecule has 0 amide bonds. The van der Waals surface area contributed by atoms with Crippen LogP contribution in [0.4, 0.5) is 11.4 Å². The van der Waals surface area contributed by atoms with Gasteiger partial charge in [-0.25, -0.2) is 0 Å². The van der Waals surface area contributed by atoms with Gasteiger partial charge in [0.1, 0.15) is 0 Å². The number of rotatable bonds is 5. The summed E-state index contributed by atoms with van der Waals surface area (Å²) in [5.74, 6) is 0. The van der Waals surface area contributed by atoms with E-state index in [1.807, 2.05) is 18.3 Å². The molecule has 1 N–H and O–H groups in total. The number of anilines is 2. The molecule has 38 heavy (non-hydrogen) atoms. The summed E-state index contributed by atoms with van der Waals surface area (Å²) in [6.45, 7) is 4.40. The SMILES string of the molecule is Cc1cc([C@@H]2[C@@H](c3ccccn3)NC(=S)N2c2ccc(N(C)C)cc2)c(C)n1-c1cccc2ccccc12. The van der Waals surface area contributed by atoms with Crippen molar-refractivity contribution in [3.8, 4) is 5.69 Å².